The van der Waals surface area contributed by atoms with Crippen molar-refractivity contribution < 1.29 is 9.59 Å². The maximum absolute atomic E-state index is 12.6. The van der Waals surface area contributed by atoms with Crippen molar-refractivity contribution in [3.05, 3.63) is 59.7 Å². The first-order chi connectivity index (χ1) is 12.0. The van der Waals surface area contributed by atoms with E-state index in [1.54, 1.807) is 12.1 Å². The minimum Gasteiger partial charge on any atom is -0.326 e. The van der Waals surface area contributed by atoms with E-state index in [-0.39, 0.29) is 17.9 Å². The molecule has 5 heteroatoms. The lowest BCUT2D eigenvalue weighted by molar-refractivity contribution is -0.121. The molecule has 0 radical (unpaired) electrons. The predicted octanol–water partition coefficient (Wildman–Crippen LogP) is 3.03. The van der Waals surface area contributed by atoms with Crippen LogP contribution < -0.4 is 10.6 Å². The van der Waals surface area contributed by atoms with Crippen LogP contribution in [0.4, 0.5) is 11.4 Å². The molecule has 25 heavy (non-hydrogen) atoms. The summed E-state index contributed by atoms with van der Waals surface area (Å²) in [4.78, 5) is 26.0. The zero-order valence-corrected chi connectivity index (χ0v) is 14.6. The van der Waals surface area contributed by atoms with Crippen molar-refractivity contribution in [2.75, 3.05) is 17.2 Å². The van der Waals surface area contributed by atoms with Crippen molar-refractivity contribution in [1.82, 2.24) is 4.90 Å². The Balaban J connectivity index is 1.64. The van der Waals surface area contributed by atoms with E-state index in [1.165, 1.54) is 18.1 Å². The molecule has 1 unspecified atom stereocenters. The van der Waals surface area contributed by atoms with Gasteiger partial charge in [0.25, 0.3) is 0 Å². The second-order valence-electron chi connectivity index (χ2n) is 6.42. The fraction of sp³-hybridized carbons (Fsp3) is 0.300. The van der Waals surface area contributed by atoms with Crippen LogP contribution in [0.1, 0.15) is 25.0 Å². The summed E-state index contributed by atoms with van der Waals surface area (Å²) < 4.78 is 0. The highest BCUT2D eigenvalue weighted by molar-refractivity contribution is 5.96. The fourth-order valence-electron chi connectivity index (χ4n) is 3.14. The summed E-state index contributed by atoms with van der Waals surface area (Å²) in [5.41, 5.74) is 4.01. The van der Waals surface area contributed by atoms with Crippen molar-refractivity contribution in [1.29, 1.82) is 0 Å². The summed E-state index contributed by atoms with van der Waals surface area (Å²) in [6.45, 7) is 5.05. The van der Waals surface area contributed by atoms with Crippen molar-refractivity contribution in [3.63, 3.8) is 0 Å². The summed E-state index contributed by atoms with van der Waals surface area (Å²) >= 11 is 0. The molecule has 0 saturated heterocycles. The molecule has 0 bridgehead atoms. The second kappa shape index (κ2) is 7.49. The van der Waals surface area contributed by atoms with E-state index in [2.05, 4.69) is 33.7 Å². The molecular formula is C20H23N3O2. The maximum Gasteiger partial charge on any atom is 0.241 e. The molecule has 1 atom stereocenters. The first kappa shape index (κ1) is 17.2. The standard InChI is InChI=1S/C20H23N3O2/c1-14(23-11-10-16-6-3-4-7-17(16)13-23)20(25)22-19-9-5-8-18(12-19)21-15(2)24/h3-9,12,14H,10-11,13H2,1-2H3,(H,21,24)(H,22,25). The molecule has 1 heterocycles. The summed E-state index contributed by atoms with van der Waals surface area (Å²) in [6.07, 6.45) is 0.964. The summed E-state index contributed by atoms with van der Waals surface area (Å²) in [7, 11) is 0. The van der Waals surface area contributed by atoms with Gasteiger partial charge in [-0.2, -0.15) is 0 Å². The second-order valence-corrected chi connectivity index (χ2v) is 6.42. The molecule has 2 aromatic rings. The zero-order chi connectivity index (χ0) is 17.8. The molecule has 2 N–H and O–H groups in total. The lowest BCUT2D eigenvalue weighted by atomic mass is 9.99. The van der Waals surface area contributed by atoms with Crippen LogP contribution in [0.3, 0.4) is 0 Å². The van der Waals surface area contributed by atoms with Crippen LogP contribution in [-0.4, -0.2) is 29.3 Å². The third kappa shape index (κ3) is 4.25. The number of nitrogens with one attached hydrogen (secondary N) is 2. The Labute approximate surface area is 148 Å². The number of carbonyl (C=O) groups is 2. The van der Waals surface area contributed by atoms with Crippen LogP contribution in [0.5, 0.6) is 0 Å². The molecule has 0 aromatic heterocycles. The molecule has 0 spiro atoms. The molecule has 3 rings (SSSR count). The van der Waals surface area contributed by atoms with Crippen molar-refractivity contribution in [2.45, 2.75) is 32.9 Å². The van der Waals surface area contributed by atoms with Gasteiger partial charge in [-0.3, -0.25) is 14.5 Å². The van der Waals surface area contributed by atoms with Gasteiger partial charge in [0.2, 0.25) is 11.8 Å². The summed E-state index contributed by atoms with van der Waals surface area (Å²) in [6, 6.07) is 15.4. The fourth-order valence-corrected chi connectivity index (χ4v) is 3.14. The minimum absolute atomic E-state index is 0.0423. The van der Waals surface area contributed by atoms with Gasteiger partial charge in [-0.1, -0.05) is 30.3 Å². The van der Waals surface area contributed by atoms with Gasteiger partial charge in [0.1, 0.15) is 0 Å². The van der Waals surface area contributed by atoms with E-state index in [0.717, 1.165) is 19.5 Å². The zero-order valence-electron chi connectivity index (χ0n) is 14.6. The average molecular weight is 337 g/mol. The van der Waals surface area contributed by atoms with Gasteiger partial charge >= 0.3 is 0 Å². The maximum atomic E-state index is 12.6. The molecule has 1 aliphatic heterocycles. The average Bonchev–Trinajstić information content (AvgIpc) is 2.60. The Morgan fingerprint density at radius 1 is 1.00 bits per heavy atom. The van der Waals surface area contributed by atoms with Gasteiger partial charge in [0.15, 0.2) is 0 Å². The van der Waals surface area contributed by atoms with Gasteiger partial charge in [-0.25, -0.2) is 0 Å². The molecule has 1 aliphatic rings. The SMILES string of the molecule is CC(=O)Nc1cccc(NC(=O)C(C)N2CCc3ccccc3C2)c1. The third-order valence-corrected chi connectivity index (χ3v) is 4.54. The highest BCUT2D eigenvalue weighted by Gasteiger charge is 2.25. The molecule has 0 saturated carbocycles. The van der Waals surface area contributed by atoms with Gasteiger partial charge in [-0.05, 0) is 42.7 Å². The number of hydrogen-bond donors (Lipinski definition) is 2. The first-order valence-electron chi connectivity index (χ1n) is 8.52. The highest BCUT2D eigenvalue weighted by Crippen LogP contribution is 2.21. The van der Waals surface area contributed by atoms with E-state index in [4.69, 9.17) is 0 Å². The predicted molar refractivity (Wildman–Crippen MR) is 99.4 cm³/mol. The number of nitrogens with zero attached hydrogens (tertiary/aromatic N) is 1. The molecule has 2 amide bonds. The van der Waals surface area contributed by atoms with Crippen molar-refractivity contribution >= 4 is 23.2 Å². The Hall–Kier alpha value is -2.66. The first-order valence-corrected chi connectivity index (χ1v) is 8.52. The highest BCUT2D eigenvalue weighted by atomic mass is 16.2. The van der Waals surface area contributed by atoms with E-state index >= 15 is 0 Å². The Bertz CT molecular complexity index is 788. The Kier molecular flexibility index (Phi) is 5.14. The van der Waals surface area contributed by atoms with Crippen LogP contribution >= 0.6 is 0 Å². The molecule has 0 aliphatic carbocycles. The number of anilines is 2. The summed E-state index contributed by atoms with van der Waals surface area (Å²) in [5.74, 6) is -0.178. The normalized spacial score (nSPS) is 15.1. The number of carbonyl (C=O) groups excluding carboxylic acids is 2. The minimum atomic E-state index is -0.224. The van der Waals surface area contributed by atoms with E-state index in [0.29, 0.717) is 11.4 Å². The largest absolute Gasteiger partial charge is 0.326 e. The molecule has 2 aromatic carbocycles. The molecule has 0 fully saturated rings. The monoisotopic (exact) mass is 337 g/mol. The van der Waals surface area contributed by atoms with E-state index < -0.39 is 0 Å². The van der Waals surface area contributed by atoms with Crippen molar-refractivity contribution in [2.24, 2.45) is 0 Å². The van der Waals surface area contributed by atoms with Gasteiger partial charge < -0.3 is 10.6 Å². The van der Waals surface area contributed by atoms with Gasteiger partial charge in [0, 0.05) is 31.4 Å². The van der Waals surface area contributed by atoms with Crippen LogP contribution in [0.25, 0.3) is 0 Å². The van der Waals surface area contributed by atoms with Gasteiger partial charge in [0.05, 0.1) is 6.04 Å². The molecule has 130 valence electrons. The van der Waals surface area contributed by atoms with Crippen molar-refractivity contribution in [3.8, 4) is 0 Å². The number of benzene rings is 2. The number of rotatable bonds is 4. The number of fused-ring (bicyclic) bond motifs is 1. The quantitative estimate of drug-likeness (QED) is 0.901. The van der Waals surface area contributed by atoms with E-state index in [1.807, 2.05) is 25.1 Å². The van der Waals surface area contributed by atoms with Crippen LogP contribution in [0, 0.1) is 0 Å². The van der Waals surface area contributed by atoms with Crippen LogP contribution in [0.15, 0.2) is 48.5 Å². The lowest BCUT2D eigenvalue weighted by Gasteiger charge is -2.32. The topological polar surface area (TPSA) is 61.4 Å². The van der Waals surface area contributed by atoms with Crippen LogP contribution in [-0.2, 0) is 22.6 Å². The Morgan fingerprint density at radius 2 is 1.68 bits per heavy atom. The van der Waals surface area contributed by atoms with Crippen LogP contribution in [0.2, 0.25) is 0 Å². The van der Waals surface area contributed by atoms with Gasteiger partial charge in [-0.15, -0.1) is 0 Å². The number of amides is 2. The lowest BCUT2D eigenvalue weighted by Crippen LogP contribution is -2.44. The summed E-state index contributed by atoms with van der Waals surface area (Å²) in [5, 5.41) is 5.67. The Morgan fingerprint density at radius 3 is 2.40 bits per heavy atom. The molecule has 5 nitrogen and oxygen atoms in total. The third-order valence-electron chi connectivity index (χ3n) is 4.54. The smallest absolute Gasteiger partial charge is 0.241 e. The number of hydrogen-bond acceptors (Lipinski definition) is 3. The molecular weight excluding hydrogens is 314 g/mol. The van der Waals surface area contributed by atoms with E-state index in [9.17, 15) is 9.59 Å².